The quantitative estimate of drug-likeness (QED) is 0.505. The van der Waals surface area contributed by atoms with Crippen LogP contribution in [0.1, 0.15) is 4.57 Å². The molecule has 2 rings (SSSR count). The van der Waals surface area contributed by atoms with Crippen LogP contribution in [-0.4, -0.2) is 19.5 Å². The summed E-state index contributed by atoms with van der Waals surface area (Å²) in [5.74, 6) is 0. The van der Waals surface area contributed by atoms with Crippen molar-refractivity contribution in [3.8, 4) is 0 Å². The Balaban J connectivity index is 0.000000213. The van der Waals surface area contributed by atoms with E-state index in [2.05, 4.69) is 30.1 Å². The predicted octanol–water partition coefficient (Wildman–Crippen LogP) is 3.67. The van der Waals surface area contributed by atoms with E-state index in [4.69, 9.17) is 27.6 Å². The van der Waals surface area contributed by atoms with Gasteiger partial charge in [0.15, 0.2) is 0 Å². The van der Waals surface area contributed by atoms with E-state index in [1.165, 1.54) is 14.3 Å². The Kier molecular flexibility index (Phi) is 6.14. The molecule has 0 bridgehead atoms. The summed E-state index contributed by atoms with van der Waals surface area (Å²) < 4.78 is 2.71. The summed E-state index contributed by atoms with van der Waals surface area (Å²) in [5, 5.41) is 0. The molecule has 0 unspecified atom stereocenters. The molecule has 1 nitrogen and oxygen atoms in total. The molecule has 0 aliphatic rings. The van der Waals surface area contributed by atoms with Crippen molar-refractivity contribution in [2.45, 2.75) is 6.92 Å². The number of para-hydroxylation sites is 1. The summed E-state index contributed by atoms with van der Waals surface area (Å²) in [6.45, 7) is 2.10. The van der Waals surface area contributed by atoms with Crippen LogP contribution in [0.2, 0.25) is 0 Å². The van der Waals surface area contributed by atoms with E-state index in [0.29, 0.717) is 14.5 Å². The summed E-state index contributed by atoms with van der Waals surface area (Å²) in [4.78, 5) is 4.40. The predicted molar refractivity (Wildman–Crippen MR) is 61.0 cm³/mol. The third kappa shape index (κ3) is 4.69. The molecule has 0 N–H and O–H groups in total. The SMILES string of the molecule is Cc1nc2ccccc2[se]1.[Cl][Au]([Cl])[Cl]. The van der Waals surface area contributed by atoms with Gasteiger partial charge in [-0.3, -0.25) is 0 Å². The molecule has 0 atom stereocenters. The third-order valence-electron chi connectivity index (χ3n) is 1.40. The fourth-order valence-electron chi connectivity index (χ4n) is 0.987. The zero-order chi connectivity index (χ0) is 10.6. The van der Waals surface area contributed by atoms with Crippen molar-refractivity contribution in [3.05, 3.63) is 28.8 Å². The number of halogens is 3. The number of nitrogens with zero attached hydrogens (tertiary/aromatic N) is 1. The molecule has 0 aliphatic carbocycles. The Morgan fingerprint density at radius 1 is 1.21 bits per heavy atom. The molecule has 2 aromatic rings. The summed E-state index contributed by atoms with van der Waals surface area (Å²) >= 11 is -1.28. The zero-order valence-corrected chi connectivity index (χ0v) is 13.2. The molecule has 0 aliphatic heterocycles. The van der Waals surface area contributed by atoms with Crippen molar-refractivity contribution < 1.29 is 15.2 Å². The van der Waals surface area contributed by atoms with Crippen molar-refractivity contribution in [2.75, 3.05) is 0 Å². The van der Waals surface area contributed by atoms with E-state index in [9.17, 15) is 0 Å². The van der Waals surface area contributed by atoms with Crippen molar-refractivity contribution in [1.29, 1.82) is 0 Å². The van der Waals surface area contributed by atoms with Gasteiger partial charge in [-0.05, 0) is 0 Å². The molecular formula is C8H7AuCl3NSe. The topological polar surface area (TPSA) is 12.9 Å². The number of aryl methyl sites for hydroxylation is 1. The van der Waals surface area contributed by atoms with Gasteiger partial charge in [-0.1, -0.05) is 0 Å². The van der Waals surface area contributed by atoms with E-state index in [1.807, 2.05) is 6.07 Å². The van der Waals surface area contributed by atoms with Crippen molar-refractivity contribution in [3.63, 3.8) is 0 Å². The second kappa shape index (κ2) is 6.57. The van der Waals surface area contributed by atoms with Crippen LogP contribution in [0.15, 0.2) is 24.3 Å². The number of hydrogen-bond acceptors (Lipinski definition) is 1. The van der Waals surface area contributed by atoms with Gasteiger partial charge in [0.2, 0.25) is 0 Å². The summed E-state index contributed by atoms with van der Waals surface area (Å²) in [6, 6.07) is 8.36. The first-order chi connectivity index (χ1) is 6.59. The van der Waals surface area contributed by atoms with E-state index in [1.54, 1.807) is 0 Å². The van der Waals surface area contributed by atoms with Crippen molar-refractivity contribution in [2.24, 2.45) is 0 Å². The average Bonchev–Trinajstić information content (AvgIpc) is 2.42. The maximum absolute atomic E-state index is 4.95. The van der Waals surface area contributed by atoms with Crippen LogP contribution in [0, 0.1) is 6.92 Å². The van der Waals surface area contributed by atoms with Gasteiger partial charge in [0.1, 0.15) is 0 Å². The molecule has 0 saturated heterocycles. The first kappa shape index (κ1) is 13.1. The minimum atomic E-state index is -1.79. The maximum atomic E-state index is 4.95. The molecule has 0 spiro atoms. The summed E-state index contributed by atoms with van der Waals surface area (Å²) in [6.07, 6.45) is 0. The Hall–Kier alpha value is 1.02. The molecule has 0 radical (unpaired) electrons. The first-order valence-electron chi connectivity index (χ1n) is 3.52. The zero-order valence-electron chi connectivity index (χ0n) is 7.10. The van der Waals surface area contributed by atoms with Crippen LogP contribution in [0.3, 0.4) is 0 Å². The van der Waals surface area contributed by atoms with Gasteiger partial charge < -0.3 is 0 Å². The van der Waals surface area contributed by atoms with E-state index >= 15 is 0 Å². The molecule has 0 saturated carbocycles. The van der Waals surface area contributed by atoms with Crippen LogP contribution < -0.4 is 0 Å². The first-order valence-corrected chi connectivity index (χ1v) is 13.3. The van der Waals surface area contributed by atoms with Crippen LogP contribution in [0.5, 0.6) is 0 Å². The minimum absolute atomic E-state index is 0.511. The van der Waals surface area contributed by atoms with Gasteiger partial charge in [-0.15, -0.1) is 0 Å². The van der Waals surface area contributed by atoms with Crippen LogP contribution >= 0.6 is 27.6 Å². The van der Waals surface area contributed by atoms with Gasteiger partial charge in [0.25, 0.3) is 0 Å². The second-order valence-electron chi connectivity index (χ2n) is 2.33. The van der Waals surface area contributed by atoms with Crippen LogP contribution in [0.4, 0.5) is 0 Å². The second-order valence-corrected chi connectivity index (χ2v) is 14.3. The number of aromatic nitrogens is 1. The third-order valence-corrected chi connectivity index (χ3v) is 3.40. The van der Waals surface area contributed by atoms with Gasteiger partial charge in [0.05, 0.1) is 0 Å². The van der Waals surface area contributed by atoms with Crippen molar-refractivity contribution >= 4 is 51.8 Å². The monoisotopic (exact) mass is 499 g/mol. The summed E-state index contributed by atoms with van der Waals surface area (Å²) in [7, 11) is 14.9. The molecule has 14 heavy (non-hydrogen) atoms. The number of fused-ring (bicyclic) bond motifs is 1. The Labute approximate surface area is 107 Å². The number of benzene rings is 1. The van der Waals surface area contributed by atoms with E-state index in [0.717, 1.165) is 0 Å². The van der Waals surface area contributed by atoms with Crippen LogP contribution in [-0.2, 0) is 15.2 Å². The molecular weight excluding hydrogens is 492 g/mol. The number of hydrogen-bond donors (Lipinski definition) is 0. The Morgan fingerprint density at radius 2 is 1.79 bits per heavy atom. The normalized spacial score (nSPS) is 10.7. The molecule has 0 fully saturated rings. The Bertz CT molecular complexity index is 368. The molecule has 1 heterocycles. The molecule has 6 heteroatoms. The molecule has 1 aromatic heterocycles. The summed E-state index contributed by atoms with van der Waals surface area (Å²) in [5.41, 5.74) is 1.18. The van der Waals surface area contributed by atoms with Gasteiger partial charge in [-0.25, -0.2) is 0 Å². The van der Waals surface area contributed by atoms with Gasteiger partial charge >= 0.3 is 108 Å². The molecule has 82 valence electrons. The molecule has 1 aromatic carbocycles. The fraction of sp³-hybridized carbons (Fsp3) is 0.125. The van der Waals surface area contributed by atoms with Gasteiger partial charge in [-0.2, -0.15) is 0 Å². The van der Waals surface area contributed by atoms with Crippen molar-refractivity contribution in [1.82, 2.24) is 4.98 Å². The molecule has 0 amide bonds. The number of rotatable bonds is 0. The fourth-order valence-corrected chi connectivity index (χ4v) is 2.72. The van der Waals surface area contributed by atoms with Gasteiger partial charge in [0, 0.05) is 0 Å². The Morgan fingerprint density at radius 3 is 2.36 bits per heavy atom. The van der Waals surface area contributed by atoms with E-state index in [-0.39, 0.29) is 0 Å². The average molecular weight is 499 g/mol. The standard InChI is InChI=1S/C8H7NSe.Au.3ClH/c1-6-9-7-4-2-3-5-8(7)10-6;;;;/h2-5H,1H3;;3*1H/q;+3;;;/p-3. The van der Waals surface area contributed by atoms with E-state index < -0.39 is 15.2 Å². The van der Waals surface area contributed by atoms with Crippen LogP contribution in [0.25, 0.3) is 9.78 Å².